The molecule has 140 valence electrons. The van der Waals surface area contributed by atoms with Crippen LogP contribution < -0.4 is 10.1 Å². The standard InChI is InChI=1S/C21H20FNO3S/c1-14-3-2-4-18(11-14)26-13-17(24)12-23-21(25)20-10-9-19(27-20)15-5-7-16(22)8-6-15/h2-11,17,24H,12-13H2,1H3,(H,23,25). The molecule has 0 bridgehead atoms. The van der Waals surface area contributed by atoms with Gasteiger partial charge in [0.1, 0.15) is 24.3 Å². The van der Waals surface area contributed by atoms with Crippen LogP contribution in [0.15, 0.2) is 60.7 Å². The Morgan fingerprint density at radius 3 is 2.70 bits per heavy atom. The van der Waals surface area contributed by atoms with Crippen molar-refractivity contribution in [1.82, 2.24) is 5.32 Å². The van der Waals surface area contributed by atoms with Crippen molar-refractivity contribution in [3.05, 3.63) is 76.9 Å². The van der Waals surface area contributed by atoms with E-state index in [1.54, 1.807) is 18.2 Å². The van der Waals surface area contributed by atoms with E-state index in [0.29, 0.717) is 10.6 Å². The number of hydrogen-bond acceptors (Lipinski definition) is 4. The van der Waals surface area contributed by atoms with E-state index in [4.69, 9.17) is 4.74 Å². The Morgan fingerprint density at radius 2 is 1.96 bits per heavy atom. The molecule has 1 amide bonds. The average Bonchev–Trinajstić information content (AvgIpc) is 3.15. The van der Waals surface area contributed by atoms with E-state index >= 15 is 0 Å². The maximum atomic E-state index is 13.0. The molecule has 6 heteroatoms. The maximum Gasteiger partial charge on any atom is 0.261 e. The number of amides is 1. The Bertz CT molecular complexity index is 908. The molecule has 3 aromatic rings. The third kappa shape index (κ3) is 5.39. The third-order valence-electron chi connectivity index (χ3n) is 3.89. The average molecular weight is 385 g/mol. The molecule has 2 aromatic carbocycles. The Hall–Kier alpha value is -2.70. The summed E-state index contributed by atoms with van der Waals surface area (Å²) in [5, 5.41) is 12.7. The summed E-state index contributed by atoms with van der Waals surface area (Å²) in [6, 6.07) is 17.2. The van der Waals surface area contributed by atoms with Crippen LogP contribution >= 0.6 is 11.3 Å². The quantitative estimate of drug-likeness (QED) is 0.646. The lowest BCUT2D eigenvalue weighted by atomic mass is 10.2. The van der Waals surface area contributed by atoms with Crippen molar-refractivity contribution in [3.63, 3.8) is 0 Å². The number of aliphatic hydroxyl groups excluding tert-OH is 1. The highest BCUT2D eigenvalue weighted by Gasteiger charge is 2.13. The lowest BCUT2D eigenvalue weighted by molar-refractivity contribution is 0.0847. The summed E-state index contributed by atoms with van der Waals surface area (Å²) in [5.74, 6) is 0.126. The molecule has 0 fully saturated rings. The van der Waals surface area contributed by atoms with Gasteiger partial charge in [-0.3, -0.25) is 4.79 Å². The molecule has 27 heavy (non-hydrogen) atoms. The fourth-order valence-electron chi connectivity index (χ4n) is 2.48. The molecule has 0 aliphatic heterocycles. The second-order valence-corrected chi connectivity index (χ2v) is 7.25. The molecule has 0 saturated carbocycles. The number of ether oxygens (including phenoxy) is 1. The molecule has 1 unspecified atom stereocenters. The van der Waals surface area contributed by atoms with Gasteiger partial charge >= 0.3 is 0 Å². The van der Waals surface area contributed by atoms with Gasteiger partial charge in [-0.15, -0.1) is 11.3 Å². The number of hydrogen-bond donors (Lipinski definition) is 2. The van der Waals surface area contributed by atoms with Crippen molar-refractivity contribution in [2.75, 3.05) is 13.2 Å². The van der Waals surface area contributed by atoms with Gasteiger partial charge in [0.25, 0.3) is 5.91 Å². The van der Waals surface area contributed by atoms with E-state index < -0.39 is 6.10 Å². The lowest BCUT2D eigenvalue weighted by Crippen LogP contribution is -2.34. The number of carbonyl (C=O) groups excluding carboxylic acids is 1. The molecular weight excluding hydrogens is 365 g/mol. The molecular formula is C21H20FNO3S. The smallest absolute Gasteiger partial charge is 0.261 e. The largest absolute Gasteiger partial charge is 0.491 e. The van der Waals surface area contributed by atoms with Crippen LogP contribution in [0.1, 0.15) is 15.2 Å². The topological polar surface area (TPSA) is 58.6 Å². The monoisotopic (exact) mass is 385 g/mol. The van der Waals surface area contributed by atoms with Gasteiger partial charge in [-0.05, 0) is 54.4 Å². The number of carbonyl (C=O) groups is 1. The Morgan fingerprint density at radius 1 is 1.19 bits per heavy atom. The minimum absolute atomic E-state index is 0.0917. The van der Waals surface area contributed by atoms with E-state index in [2.05, 4.69) is 5.32 Å². The van der Waals surface area contributed by atoms with Crippen LogP contribution in [-0.4, -0.2) is 30.3 Å². The minimum Gasteiger partial charge on any atom is -0.491 e. The Labute approximate surface area is 161 Å². The second-order valence-electron chi connectivity index (χ2n) is 6.16. The van der Waals surface area contributed by atoms with Crippen molar-refractivity contribution in [3.8, 4) is 16.2 Å². The second kappa shape index (κ2) is 8.79. The number of thiophene rings is 1. The Balaban J connectivity index is 1.49. The van der Waals surface area contributed by atoms with Gasteiger partial charge in [0.2, 0.25) is 0 Å². The molecule has 0 spiro atoms. The lowest BCUT2D eigenvalue weighted by Gasteiger charge is -2.13. The molecule has 0 aliphatic carbocycles. The molecule has 1 atom stereocenters. The summed E-state index contributed by atoms with van der Waals surface area (Å²) < 4.78 is 18.5. The number of benzene rings is 2. The van der Waals surface area contributed by atoms with Gasteiger partial charge in [0.15, 0.2) is 0 Å². The van der Waals surface area contributed by atoms with Gasteiger partial charge in [-0.2, -0.15) is 0 Å². The van der Waals surface area contributed by atoms with Crippen LogP contribution in [0.4, 0.5) is 4.39 Å². The van der Waals surface area contributed by atoms with Crippen LogP contribution in [0.25, 0.3) is 10.4 Å². The van der Waals surface area contributed by atoms with Gasteiger partial charge in [-0.25, -0.2) is 4.39 Å². The Kier molecular flexibility index (Phi) is 6.21. The fourth-order valence-corrected chi connectivity index (χ4v) is 3.41. The highest BCUT2D eigenvalue weighted by Crippen LogP contribution is 2.28. The predicted molar refractivity (Wildman–Crippen MR) is 105 cm³/mol. The van der Waals surface area contributed by atoms with Gasteiger partial charge in [-0.1, -0.05) is 24.3 Å². The molecule has 3 rings (SSSR count). The zero-order valence-electron chi connectivity index (χ0n) is 14.8. The normalized spacial score (nSPS) is 11.8. The molecule has 2 N–H and O–H groups in total. The highest BCUT2D eigenvalue weighted by atomic mass is 32.1. The number of aryl methyl sites for hydroxylation is 1. The first-order chi connectivity index (χ1) is 13.0. The van der Waals surface area contributed by atoms with Crippen molar-refractivity contribution in [2.24, 2.45) is 0 Å². The zero-order valence-corrected chi connectivity index (χ0v) is 15.6. The fraction of sp³-hybridized carbons (Fsp3) is 0.190. The summed E-state index contributed by atoms with van der Waals surface area (Å²) in [5.41, 5.74) is 1.93. The molecule has 0 saturated heterocycles. The van der Waals surface area contributed by atoms with Crippen LogP contribution in [0.2, 0.25) is 0 Å². The summed E-state index contributed by atoms with van der Waals surface area (Å²) in [6.45, 7) is 2.15. The summed E-state index contributed by atoms with van der Waals surface area (Å²) in [6.07, 6.45) is -0.814. The van der Waals surface area contributed by atoms with Crippen LogP contribution in [-0.2, 0) is 0 Å². The number of rotatable bonds is 7. The van der Waals surface area contributed by atoms with E-state index in [-0.39, 0.29) is 24.9 Å². The summed E-state index contributed by atoms with van der Waals surface area (Å²) in [4.78, 5) is 13.7. The zero-order chi connectivity index (χ0) is 19.2. The van der Waals surface area contributed by atoms with Crippen molar-refractivity contribution < 1.29 is 19.0 Å². The van der Waals surface area contributed by atoms with E-state index in [0.717, 1.165) is 16.0 Å². The first-order valence-electron chi connectivity index (χ1n) is 8.53. The molecule has 1 aromatic heterocycles. The van der Waals surface area contributed by atoms with Crippen LogP contribution in [0.5, 0.6) is 5.75 Å². The van der Waals surface area contributed by atoms with E-state index in [1.807, 2.05) is 37.3 Å². The SMILES string of the molecule is Cc1cccc(OCC(O)CNC(=O)c2ccc(-c3ccc(F)cc3)s2)c1. The third-order valence-corrected chi connectivity index (χ3v) is 5.02. The number of halogens is 1. The minimum atomic E-state index is -0.814. The van der Waals surface area contributed by atoms with Crippen molar-refractivity contribution in [2.45, 2.75) is 13.0 Å². The predicted octanol–water partition coefficient (Wildman–Crippen LogP) is 4.03. The maximum absolute atomic E-state index is 13.0. The number of aliphatic hydroxyl groups is 1. The van der Waals surface area contributed by atoms with Gasteiger partial charge in [0.05, 0.1) is 4.88 Å². The summed E-state index contributed by atoms with van der Waals surface area (Å²) >= 11 is 1.32. The first kappa shape index (κ1) is 19.1. The summed E-state index contributed by atoms with van der Waals surface area (Å²) in [7, 11) is 0. The molecule has 0 aliphatic rings. The van der Waals surface area contributed by atoms with Crippen LogP contribution in [0.3, 0.4) is 0 Å². The van der Waals surface area contributed by atoms with Gasteiger partial charge < -0.3 is 15.2 Å². The first-order valence-corrected chi connectivity index (χ1v) is 9.34. The molecule has 0 radical (unpaired) electrons. The van der Waals surface area contributed by atoms with Crippen LogP contribution in [0, 0.1) is 12.7 Å². The highest BCUT2D eigenvalue weighted by molar-refractivity contribution is 7.17. The van der Waals surface area contributed by atoms with E-state index in [1.165, 1.54) is 23.5 Å². The van der Waals surface area contributed by atoms with Crippen molar-refractivity contribution >= 4 is 17.2 Å². The van der Waals surface area contributed by atoms with Crippen molar-refractivity contribution in [1.29, 1.82) is 0 Å². The molecule has 1 heterocycles. The van der Waals surface area contributed by atoms with Gasteiger partial charge in [0, 0.05) is 11.4 Å². The molecule has 4 nitrogen and oxygen atoms in total. The van der Waals surface area contributed by atoms with E-state index in [9.17, 15) is 14.3 Å². The number of nitrogens with one attached hydrogen (secondary N) is 1.